The molecule has 0 spiro atoms. The van der Waals surface area contributed by atoms with Crippen molar-refractivity contribution in [1.29, 1.82) is 5.26 Å². The van der Waals surface area contributed by atoms with Crippen molar-refractivity contribution in [3.63, 3.8) is 0 Å². The van der Waals surface area contributed by atoms with E-state index in [0.717, 1.165) is 0 Å². The van der Waals surface area contributed by atoms with Gasteiger partial charge < -0.3 is 14.9 Å². The molecule has 0 aliphatic heterocycles. The average molecular weight is 358 g/mol. The maximum atomic E-state index is 11.9. The number of ketones is 1. The smallest absolute Gasteiger partial charge is 0.371 e. The summed E-state index contributed by atoms with van der Waals surface area (Å²) in [6.45, 7) is 0.0242. The fourth-order valence-electron chi connectivity index (χ4n) is 1.97. The number of nitrogens with zero attached hydrogens (tertiary/aromatic N) is 1. The Labute approximate surface area is 148 Å². The van der Waals surface area contributed by atoms with E-state index in [2.05, 4.69) is 0 Å². The monoisotopic (exact) mass is 357 g/mol. The van der Waals surface area contributed by atoms with E-state index in [4.69, 9.17) is 31.8 Å². The van der Waals surface area contributed by atoms with Crippen LogP contribution in [0.5, 0.6) is 5.75 Å². The number of aliphatic carboxylic acids is 1. The molecule has 0 bridgehead atoms. The van der Waals surface area contributed by atoms with Gasteiger partial charge in [0.25, 0.3) is 0 Å². The van der Waals surface area contributed by atoms with Crippen LogP contribution in [0.3, 0.4) is 0 Å². The van der Waals surface area contributed by atoms with Gasteiger partial charge in [-0.05, 0) is 24.3 Å². The molecule has 0 unspecified atom stereocenters. The number of carboxylic acid groups (broad SMARTS) is 1. The molecule has 0 aliphatic rings. The summed E-state index contributed by atoms with van der Waals surface area (Å²) in [5.74, 6) is -2.99. The number of carbonyl (C=O) groups is 2. The number of nitriles is 1. The number of carbonyl (C=O) groups excluding carboxylic acids is 1. The first-order chi connectivity index (χ1) is 11.9. The first-order valence-corrected chi connectivity index (χ1v) is 7.39. The van der Waals surface area contributed by atoms with Crippen molar-refractivity contribution in [1.82, 2.24) is 0 Å². The van der Waals surface area contributed by atoms with Crippen molar-refractivity contribution in [3.05, 3.63) is 76.0 Å². The maximum Gasteiger partial charge on any atom is 0.371 e. The Balaban J connectivity index is 2.18. The number of benzene rings is 2. The van der Waals surface area contributed by atoms with Crippen LogP contribution in [0.25, 0.3) is 0 Å². The van der Waals surface area contributed by atoms with Crippen molar-refractivity contribution in [2.24, 2.45) is 0 Å². The fraction of sp³-hybridized carbons (Fsp3) is 0.0556. The van der Waals surface area contributed by atoms with Gasteiger partial charge in [-0.3, -0.25) is 4.79 Å². The molecule has 6 nitrogen and oxygen atoms in total. The summed E-state index contributed by atoms with van der Waals surface area (Å²) in [5.41, 5.74) is 1.05. The van der Waals surface area contributed by atoms with Crippen LogP contribution in [-0.4, -0.2) is 22.0 Å². The number of aliphatic hydroxyl groups is 1. The predicted octanol–water partition coefficient (Wildman–Crippen LogP) is 3.50. The van der Waals surface area contributed by atoms with E-state index >= 15 is 0 Å². The second-order valence-corrected chi connectivity index (χ2v) is 5.30. The summed E-state index contributed by atoms with van der Waals surface area (Å²) in [6, 6.07) is 12.9. The highest BCUT2D eigenvalue weighted by atomic mass is 35.5. The SMILES string of the molecule is N#Cc1cccc(Cl)c1COc1cccc(C(=O)/C=C(\O)C(=O)O)c1. The van der Waals surface area contributed by atoms with Gasteiger partial charge in [-0.15, -0.1) is 0 Å². The normalized spacial score (nSPS) is 10.8. The van der Waals surface area contributed by atoms with Gasteiger partial charge in [0.05, 0.1) is 11.6 Å². The van der Waals surface area contributed by atoms with Crippen LogP contribution in [0.4, 0.5) is 0 Å². The molecule has 0 amide bonds. The van der Waals surface area contributed by atoms with Crippen LogP contribution >= 0.6 is 11.6 Å². The number of hydrogen-bond donors (Lipinski definition) is 2. The lowest BCUT2D eigenvalue weighted by atomic mass is 10.1. The lowest BCUT2D eigenvalue weighted by Crippen LogP contribution is -2.04. The number of halogens is 1. The summed E-state index contributed by atoms with van der Waals surface area (Å²) < 4.78 is 5.57. The zero-order valence-corrected chi connectivity index (χ0v) is 13.5. The van der Waals surface area contributed by atoms with E-state index in [9.17, 15) is 9.59 Å². The number of ether oxygens (including phenoxy) is 1. The second-order valence-electron chi connectivity index (χ2n) is 4.89. The topological polar surface area (TPSA) is 108 Å². The molecule has 0 fully saturated rings. The van der Waals surface area contributed by atoms with E-state index in [-0.39, 0.29) is 12.2 Å². The van der Waals surface area contributed by atoms with Crippen LogP contribution in [0.15, 0.2) is 54.3 Å². The minimum Gasteiger partial charge on any atom is -0.502 e. The molecule has 2 N–H and O–H groups in total. The van der Waals surface area contributed by atoms with Gasteiger partial charge >= 0.3 is 5.97 Å². The van der Waals surface area contributed by atoms with E-state index in [0.29, 0.717) is 28.0 Å². The molecule has 2 rings (SSSR count). The first-order valence-electron chi connectivity index (χ1n) is 7.01. The highest BCUT2D eigenvalue weighted by molar-refractivity contribution is 6.31. The summed E-state index contributed by atoms with van der Waals surface area (Å²) in [6.07, 6.45) is 0.614. The van der Waals surface area contributed by atoms with E-state index < -0.39 is 17.5 Å². The van der Waals surface area contributed by atoms with E-state index in [1.165, 1.54) is 12.1 Å². The number of carboxylic acids is 1. The molecular formula is C18H12ClNO5. The Kier molecular flexibility index (Phi) is 5.77. The fourth-order valence-corrected chi connectivity index (χ4v) is 2.20. The van der Waals surface area contributed by atoms with E-state index in [1.54, 1.807) is 30.3 Å². The van der Waals surface area contributed by atoms with Gasteiger partial charge in [0.15, 0.2) is 5.78 Å². The van der Waals surface area contributed by atoms with Crippen molar-refractivity contribution in [3.8, 4) is 11.8 Å². The zero-order valence-electron chi connectivity index (χ0n) is 12.8. The third-order valence-corrected chi connectivity index (χ3v) is 3.58. The van der Waals surface area contributed by atoms with Crippen LogP contribution in [0, 0.1) is 11.3 Å². The van der Waals surface area contributed by atoms with Crippen LogP contribution < -0.4 is 4.74 Å². The Hall–Kier alpha value is -3.30. The standard InChI is InChI=1S/C18H12ClNO5/c19-15-6-2-4-12(9-20)14(15)10-25-13-5-1-3-11(7-13)16(21)8-17(22)18(23)24/h1-8,22H,10H2,(H,23,24)/b17-8-. The van der Waals surface area contributed by atoms with E-state index in [1.807, 2.05) is 6.07 Å². The number of allylic oxidation sites excluding steroid dienone is 1. The van der Waals surface area contributed by atoms with Crippen molar-refractivity contribution >= 4 is 23.4 Å². The molecule has 0 heterocycles. The summed E-state index contributed by atoms with van der Waals surface area (Å²) in [7, 11) is 0. The Bertz CT molecular complexity index is 899. The first kappa shape index (κ1) is 18.0. The summed E-state index contributed by atoms with van der Waals surface area (Å²) in [5, 5.41) is 27.2. The molecule has 0 saturated carbocycles. The second kappa shape index (κ2) is 7.99. The van der Waals surface area contributed by atoms with Crippen molar-refractivity contribution in [2.45, 2.75) is 6.61 Å². The van der Waals surface area contributed by atoms with Crippen molar-refractivity contribution < 1.29 is 24.5 Å². The minimum atomic E-state index is -1.59. The van der Waals surface area contributed by atoms with Gasteiger partial charge in [0.1, 0.15) is 12.4 Å². The van der Waals surface area contributed by atoms with Gasteiger partial charge in [-0.2, -0.15) is 5.26 Å². The van der Waals surface area contributed by atoms with Gasteiger partial charge in [-0.1, -0.05) is 29.8 Å². The minimum absolute atomic E-state index is 0.0242. The molecular weight excluding hydrogens is 346 g/mol. The Morgan fingerprint density at radius 2 is 1.92 bits per heavy atom. The lowest BCUT2D eigenvalue weighted by molar-refractivity contribution is -0.135. The maximum absolute atomic E-state index is 11.9. The zero-order chi connectivity index (χ0) is 18.4. The quantitative estimate of drug-likeness (QED) is 0.465. The molecule has 25 heavy (non-hydrogen) atoms. The third-order valence-electron chi connectivity index (χ3n) is 3.23. The largest absolute Gasteiger partial charge is 0.502 e. The van der Waals surface area contributed by atoms with Crippen LogP contribution in [0.2, 0.25) is 5.02 Å². The summed E-state index contributed by atoms with van der Waals surface area (Å²) >= 11 is 6.07. The molecule has 0 aromatic heterocycles. The molecule has 0 saturated heterocycles. The van der Waals surface area contributed by atoms with Gasteiger partial charge in [-0.25, -0.2) is 4.79 Å². The summed E-state index contributed by atoms with van der Waals surface area (Å²) in [4.78, 5) is 22.5. The highest BCUT2D eigenvalue weighted by Gasteiger charge is 2.11. The molecule has 2 aromatic carbocycles. The molecule has 0 atom stereocenters. The number of hydrogen-bond acceptors (Lipinski definition) is 5. The Morgan fingerprint density at radius 1 is 1.20 bits per heavy atom. The predicted molar refractivity (Wildman–Crippen MR) is 89.6 cm³/mol. The van der Waals surface area contributed by atoms with Crippen molar-refractivity contribution in [2.75, 3.05) is 0 Å². The molecule has 126 valence electrons. The number of rotatable bonds is 6. The highest BCUT2D eigenvalue weighted by Crippen LogP contribution is 2.22. The van der Waals surface area contributed by atoms with Crippen LogP contribution in [-0.2, 0) is 11.4 Å². The number of aliphatic hydroxyl groups excluding tert-OH is 1. The molecule has 2 aromatic rings. The molecule has 0 aliphatic carbocycles. The molecule has 0 radical (unpaired) electrons. The Morgan fingerprint density at radius 3 is 2.60 bits per heavy atom. The molecule has 7 heteroatoms. The van der Waals surface area contributed by atoms with Gasteiger partial charge in [0.2, 0.25) is 5.76 Å². The van der Waals surface area contributed by atoms with Crippen LogP contribution in [0.1, 0.15) is 21.5 Å². The lowest BCUT2D eigenvalue weighted by Gasteiger charge is -2.10. The average Bonchev–Trinajstić information content (AvgIpc) is 2.60. The third kappa shape index (κ3) is 4.59. The van der Waals surface area contributed by atoms with Gasteiger partial charge in [0, 0.05) is 22.2 Å².